The van der Waals surface area contributed by atoms with Crippen LogP contribution in [0.15, 0.2) is 0 Å². The summed E-state index contributed by atoms with van der Waals surface area (Å²) in [5.41, 5.74) is 0. The molecule has 4 heteroatoms. The number of hydrogen-bond donors (Lipinski definition) is 2. The Morgan fingerprint density at radius 2 is 1.63 bits per heavy atom. The zero-order chi connectivity index (χ0) is 14.3. The quantitative estimate of drug-likeness (QED) is 0.699. The van der Waals surface area contributed by atoms with E-state index in [1.807, 2.05) is 13.8 Å². The molecule has 1 fully saturated rings. The first kappa shape index (κ1) is 16.9. The third-order valence-electron chi connectivity index (χ3n) is 4.17. The van der Waals surface area contributed by atoms with E-state index in [2.05, 4.69) is 16.7 Å². The van der Waals surface area contributed by atoms with E-state index in [0.717, 1.165) is 45.6 Å². The van der Waals surface area contributed by atoms with Crippen LogP contribution in [0.25, 0.3) is 0 Å². The van der Waals surface area contributed by atoms with Crippen molar-refractivity contribution < 1.29 is 10.2 Å². The Kier molecular flexibility index (Phi) is 7.91. The molecule has 1 heterocycles. The summed E-state index contributed by atoms with van der Waals surface area (Å²) in [6, 6.07) is 0.531. The van der Waals surface area contributed by atoms with Crippen LogP contribution in [-0.2, 0) is 0 Å². The zero-order valence-electron chi connectivity index (χ0n) is 12.9. The topological polar surface area (TPSA) is 46.9 Å². The first-order chi connectivity index (χ1) is 9.10. The number of aliphatic hydroxyl groups is 2. The van der Waals surface area contributed by atoms with Crippen molar-refractivity contribution in [2.24, 2.45) is 0 Å². The average Bonchev–Trinajstić information content (AvgIpc) is 2.41. The van der Waals surface area contributed by atoms with E-state index in [1.54, 1.807) is 0 Å². The largest absolute Gasteiger partial charge is 0.392 e. The van der Waals surface area contributed by atoms with Gasteiger partial charge in [-0.05, 0) is 19.3 Å². The second kappa shape index (κ2) is 8.90. The molecule has 114 valence electrons. The first-order valence-corrected chi connectivity index (χ1v) is 7.93. The number of rotatable bonds is 8. The molecule has 19 heavy (non-hydrogen) atoms. The fourth-order valence-corrected chi connectivity index (χ4v) is 2.80. The molecule has 0 amide bonds. The summed E-state index contributed by atoms with van der Waals surface area (Å²) in [5, 5.41) is 19.6. The summed E-state index contributed by atoms with van der Waals surface area (Å²) in [7, 11) is 0. The van der Waals surface area contributed by atoms with Gasteiger partial charge in [0.05, 0.1) is 12.2 Å². The van der Waals surface area contributed by atoms with Gasteiger partial charge in [0.15, 0.2) is 0 Å². The van der Waals surface area contributed by atoms with Crippen molar-refractivity contribution in [1.82, 2.24) is 9.80 Å². The van der Waals surface area contributed by atoms with Crippen LogP contribution in [0.3, 0.4) is 0 Å². The molecule has 0 saturated carbocycles. The van der Waals surface area contributed by atoms with Gasteiger partial charge in [0, 0.05) is 38.8 Å². The molecule has 0 aliphatic carbocycles. The highest BCUT2D eigenvalue weighted by atomic mass is 16.3. The van der Waals surface area contributed by atoms with Gasteiger partial charge in [-0.1, -0.05) is 27.2 Å². The fourth-order valence-electron chi connectivity index (χ4n) is 2.80. The Morgan fingerprint density at radius 3 is 2.21 bits per heavy atom. The molecule has 3 unspecified atom stereocenters. The lowest BCUT2D eigenvalue weighted by atomic mass is 10.0. The van der Waals surface area contributed by atoms with Gasteiger partial charge in [-0.3, -0.25) is 9.80 Å². The van der Waals surface area contributed by atoms with Crippen LogP contribution >= 0.6 is 0 Å². The summed E-state index contributed by atoms with van der Waals surface area (Å²) in [6.45, 7) is 10.9. The van der Waals surface area contributed by atoms with Gasteiger partial charge < -0.3 is 10.2 Å². The van der Waals surface area contributed by atoms with Crippen molar-refractivity contribution in [1.29, 1.82) is 0 Å². The van der Waals surface area contributed by atoms with Crippen molar-refractivity contribution in [2.45, 2.75) is 64.7 Å². The molecule has 0 aromatic rings. The summed E-state index contributed by atoms with van der Waals surface area (Å²) in [6.07, 6.45) is 3.60. The minimum absolute atomic E-state index is 0.199. The van der Waals surface area contributed by atoms with Crippen molar-refractivity contribution in [3.8, 4) is 0 Å². The normalized spacial score (nSPS) is 25.4. The first-order valence-electron chi connectivity index (χ1n) is 7.93. The number of aliphatic hydroxyl groups excluding tert-OH is 2. The molecule has 0 spiro atoms. The second-order valence-electron chi connectivity index (χ2n) is 5.82. The van der Waals surface area contributed by atoms with Gasteiger partial charge in [-0.25, -0.2) is 0 Å². The lowest BCUT2D eigenvalue weighted by molar-refractivity contribution is 0.0110. The highest BCUT2D eigenvalue weighted by molar-refractivity contribution is 4.84. The van der Waals surface area contributed by atoms with Crippen molar-refractivity contribution >= 4 is 0 Å². The van der Waals surface area contributed by atoms with Crippen molar-refractivity contribution in [3.63, 3.8) is 0 Å². The molecular weight excluding hydrogens is 240 g/mol. The van der Waals surface area contributed by atoms with E-state index < -0.39 is 0 Å². The van der Waals surface area contributed by atoms with Crippen LogP contribution in [0, 0.1) is 0 Å². The SMILES string of the molecule is CCCC1CN(CC(O)CC)CCN1CC(O)CC. The molecule has 2 N–H and O–H groups in total. The van der Waals surface area contributed by atoms with Crippen LogP contribution in [0.2, 0.25) is 0 Å². The minimum Gasteiger partial charge on any atom is -0.392 e. The Balaban J connectivity index is 2.49. The number of piperazine rings is 1. The summed E-state index contributed by atoms with van der Waals surface area (Å²) >= 11 is 0. The lowest BCUT2D eigenvalue weighted by Gasteiger charge is -2.42. The third-order valence-corrected chi connectivity index (χ3v) is 4.17. The van der Waals surface area contributed by atoms with E-state index in [9.17, 15) is 10.2 Å². The number of nitrogens with zero attached hydrogens (tertiary/aromatic N) is 2. The Morgan fingerprint density at radius 1 is 1.00 bits per heavy atom. The minimum atomic E-state index is -0.202. The Labute approximate surface area is 118 Å². The van der Waals surface area contributed by atoms with Crippen LogP contribution < -0.4 is 0 Å². The molecule has 0 radical (unpaired) electrons. The van der Waals surface area contributed by atoms with E-state index in [-0.39, 0.29) is 12.2 Å². The van der Waals surface area contributed by atoms with Gasteiger partial charge in [-0.2, -0.15) is 0 Å². The van der Waals surface area contributed by atoms with Gasteiger partial charge >= 0.3 is 0 Å². The molecule has 3 atom stereocenters. The van der Waals surface area contributed by atoms with Crippen LogP contribution in [-0.4, -0.2) is 71.0 Å². The van der Waals surface area contributed by atoms with E-state index in [4.69, 9.17) is 0 Å². The molecule has 1 saturated heterocycles. The molecule has 0 bridgehead atoms. The van der Waals surface area contributed by atoms with Crippen molar-refractivity contribution in [3.05, 3.63) is 0 Å². The maximum absolute atomic E-state index is 9.85. The van der Waals surface area contributed by atoms with Crippen molar-refractivity contribution in [2.75, 3.05) is 32.7 Å². The maximum Gasteiger partial charge on any atom is 0.0664 e. The predicted octanol–water partition coefficient (Wildman–Crippen LogP) is 1.31. The van der Waals surface area contributed by atoms with Crippen LogP contribution in [0.5, 0.6) is 0 Å². The number of hydrogen-bond acceptors (Lipinski definition) is 4. The lowest BCUT2D eigenvalue weighted by Crippen LogP contribution is -2.55. The third kappa shape index (κ3) is 5.78. The predicted molar refractivity (Wildman–Crippen MR) is 79.3 cm³/mol. The number of β-amino-alcohol motifs (C(OH)–C–C–N with tert-alkyl or cyclic N) is 2. The van der Waals surface area contributed by atoms with E-state index in [1.165, 1.54) is 12.8 Å². The molecule has 0 aromatic heterocycles. The monoisotopic (exact) mass is 272 g/mol. The second-order valence-corrected chi connectivity index (χ2v) is 5.82. The molecular formula is C15H32N2O2. The molecule has 1 rings (SSSR count). The maximum atomic E-state index is 9.85. The fraction of sp³-hybridized carbons (Fsp3) is 1.00. The van der Waals surface area contributed by atoms with Gasteiger partial charge in [0.1, 0.15) is 0 Å². The summed E-state index contributed by atoms with van der Waals surface area (Å²) in [4.78, 5) is 4.82. The zero-order valence-corrected chi connectivity index (χ0v) is 12.9. The molecule has 0 aromatic carbocycles. The van der Waals surface area contributed by atoms with Crippen LogP contribution in [0.1, 0.15) is 46.5 Å². The van der Waals surface area contributed by atoms with E-state index in [0.29, 0.717) is 6.04 Å². The molecule has 1 aliphatic rings. The average molecular weight is 272 g/mol. The van der Waals surface area contributed by atoms with Gasteiger partial charge in [-0.15, -0.1) is 0 Å². The molecule has 4 nitrogen and oxygen atoms in total. The highest BCUT2D eigenvalue weighted by Gasteiger charge is 2.27. The highest BCUT2D eigenvalue weighted by Crippen LogP contribution is 2.16. The Hall–Kier alpha value is -0.160. The summed E-state index contributed by atoms with van der Waals surface area (Å²) in [5.74, 6) is 0. The smallest absolute Gasteiger partial charge is 0.0664 e. The van der Waals surface area contributed by atoms with E-state index >= 15 is 0 Å². The standard InChI is InChI=1S/C15H32N2O2/c1-4-7-13-10-16(11-14(18)5-2)8-9-17(13)12-15(19)6-3/h13-15,18-19H,4-12H2,1-3H3. The molecule has 1 aliphatic heterocycles. The van der Waals surface area contributed by atoms with Gasteiger partial charge in [0.25, 0.3) is 0 Å². The Bertz CT molecular complexity index is 238. The van der Waals surface area contributed by atoms with Gasteiger partial charge in [0.2, 0.25) is 0 Å². The summed E-state index contributed by atoms with van der Waals surface area (Å²) < 4.78 is 0. The van der Waals surface area contributed by atoms with Crippen LogP contribution in [0.4, 0.5) is 0 Å².